The number of benzene rings is 1. The zero-order valence-electron chi connectivity index (χ0n) is 10.1. The fourth-order valence-electron chi connectivity index (χ4n) is 1.62. The maximum atomic E-state index is 11.1. The molecule has 0 amide bonds. The predicted octanol–water partition coefficient (Wildman–Crippen LogP) is 2.30. The molecule has 1 aromatic carbocycles. The van der Waals surface area contributed by atoms with Gasteiger partial charge < -0.3 is 9.73 Å². The van der Waals surface area contributed by atoms with Crippen LogP contribution in [-0.4, -0.2) is 14.7 Å². The van der Waals surface area contributed by atoms with Gasteiger partial charge >= 0.3 is 0 Å². The summed E-state index contributed by atoms with van der Waals surface area (Å²) in [7, 11) is -2.84. The van der Waals surface area contributed by atoms with Crippen LogP contribution in [0.5, 0.6) is 0 Å². The smallest absolute Gasteiger partial charge is 0.222 e. The maximum Gasteiger partial charge on any atom is 0.222 e. The van der Waals surface area contributed by atoms with E-state index < -0.39 is 10.9 Å². The van der Waals surface area contributed by atoms with E-state index in [0.29, 0.717) is 29.8 Å². The Balaban J connectivity index is 2.24. The molecule has 0 aliphatic carbocycles. The molecule has 0 saturated heterocycles. The summed E-state index contributed by atoms with van der Waals surface area (Å²) in [5.74, 6) is 0.697. The highest BCUT2D eigenvalue weighted by Gasteiger charge is 2.09. The van der Waals surface area contributed by atoms with Crippen molar-refractivity contribution in [3.05, 3.63) is 46.9 Å². The van der Waals surface area contributed by atoms with Gasteiger partial charge in [0, 0.05) is 11.3 Å². The Kier molecular flexibility index (Phi) is 4.65. The maximum absolute atomic E-state index is 11.1. The van der Waals surface area contributed by atoms with E-state index in [4.69, 9.17) is 16.0 Å². The minimum absolute atomic E-state index is 0.161. The van der Waals surface area contributed by atoms with Crippen molar-refractivity contribution in [1.29, 1.82) is 0 Å². The number of aldehydes is 1. The van der Waals surface area contributed by atoms with E-state index in [1.54, 1.807) is 18.4 Å². The van der Waals surface area contributed by atoms with E-state index in [1.165, 1.54) is 12.1 Å². The summed E-state index contributed by atoms with van der Waals surface area (Å²) in [6.45, 7) is 0.382. The van der Waals surface area contributed by atoms with Crippen molar-refractivity contribution in [2.24, 2.45) is 0 Å². The van der Waals surface area contributed by atoms with E-state index in [1.807, 2.05) is 0 Å². The van der Waals surface area contributed by atoms with Gasteiger partial charge in [0.2, 0.25) is 10.9 Å². The molecule has 0 saturated carbocycles. The zero-order chi connectivity index (χ0) is 14.5. The summed E-state index contributed by atoms with van der Waals surface area (Å²) in [5, 5.41) is 3.19. The number of halogens is 1. The van der Waals surface area contributed by atoms with Gasteiger partial charge in [-0.15, -0.1) is 0 Å². The summed E-state index contributed by atoms with van der Waals surface area (Å²) < 4.78 is 28.6. The number of anilines is 2. The van der Waals surface area contributed by atoms with E-state index >= 15 is 0 Å². The summed E-state index contributed by atoms with van der Waals surface area (Å²) in [4.78, 5) is 11.1. The van der Waals surface area contributed by atoms with Crippen molar-refractivity contribution in [2.75, 3.05) is 10.0 Å². The first kappa shape index (κ1) is 14.4. The molecule has 6 nitrogen and oxygen atoms in total. The van der Waals surface area contributed by atoms with E-state index in [0.717, 1.165) is 0 Å². The summed E-state index contributed by atoms with van der Waals surface area (Å²) in [5.41, 5.74) is 0.946. The lowest BCUT2D eigenvalue weighted by atomic mass is 10.1. The molecule has 0 aliphatic rings. The quantitative estimate of drug-likeness (QED) is 0.562. The molecule has 0 fully saturated rings. The Hall–Kier alpha value is -1.99. The molecule has 1 aromatic heterocycles. The number of thiol groups is 1. The normalized spacial score (nSPS) is 10.5. The van der Waals surface area contributed by atoms with Crippen molar-refractivity contribution >= 4 is 40.2 Å². The fraction of sp³-hybridized carbons (Fsp3) is 0.0833. The number of nitrogens with one attached hydrogen (secondary N) is 2. The van der Waals surface area contributed by atoms with Crippen LogP contribution in [-0.2, 0) is 17.4 Å². The molecule has 0 aliphatic heterocycles. The Labute approximate surface area is 121 Å². The third-order valence-corrected chi connectivity index (χ3v) is 3.25. The number of carbonyl (C=O) groups is 1. The Morgan fingerprint density at radius 2 is 2.10 bits per heavy atom. The van der Waals surface area contributed by atoms with Gasteiger partial charge in [-0.05, 0) is 24.3 Å². The third-order valence-electron chi connectivity index (χ3n) is 2.51. The molecule has 2 N–H and O–H groups in total. The topological polar surface area (TPSA) is 88.4 Å². The second-order valence-electron chi connectivity index (χ2n) is 3.84. The van der Waals surface area contributed by atoms with Crippen LogP contribution in [0, 0.1) is 0 Å². The molecule has 0 radical (unpaired) electrons. The fourth-order valence-corrected chi connectivity index (χ4v) is 2.28. The van der Waals surface area contributed by atoms with Crippen molar-refractivity contribution in [3.8, 4) is 0 Å². The first-order chi connectivity index (χ1) is 9.60. The van der Waals surface area contributed by atoms with E-state index in [9.17, 15) is 13.2 Å². The Morgan fingerprint density at radius 3 is 2.70 bits per heavy atom. The van der Waals surface area contributed by atoms with Gasteiger partial charge in [0.1, 0.15) is 5.76 Å². The average molecular weight is 315 g/mol. The largest absolute Gasteiger partial charge is 0.467 e. The first-order valence-corrected chi connectivity index (χ1v) is 7.11. The molecule has 20 heavy (non-hydrogen) atoms. The molecule has 0 unspecified atom stereocenters. The van der Waals surface area contributed by atoms with Gasteiger partial charge in [0.15, 0.2) is 6.29 Å². The second-order valence-corrected chi connectivity index (χ2v) is 4.98. The van der Waals surface area contributed by atoms with Crippen LogP contribution >= 0.6 is 11.6 Å². The zero-order valence-corrected chi connectivity index (χ0v) is 11.8. The van der Waals surface area contributed by atoms with Gasteiger partial charge in [0.05, 0.1) is 23.5 Å². The predicted molar refractivity (Wildman–Crippen MR) is 76.8 cm³/mol. The van der Waals surface area contributed by atoms with Gasteiger partial charge in [-0.3, -0.25) is 9.52 Å². The second kappa shape index (κ2) is 6.44. The van der Waals surface area contributed by atoms with Crippen molar-refractivity contribution < 1.29 is 17.6 Å². The lowest BCUT2D eigenvalue weighted by molar-refractivity contribution is 0.112. The van der Waals surface area contributed by atoms with Crippen LogP contribution < -0.4 is 10.0 Å². The van der Waals surface area contributed by atoms with Crippen LogP contribution in [0.1, 0.15) is 16.1 Å². The third kappa shape index (κ3) is 3.52. The average Bonchev–Trinajstić information content (AvgIpc) is 2.91. The first-order valence-electron chi connectivity index (χ1n) is 5.56. The number of hydrogen-bond acceptors (Lipinski definition) is 5. The molecule has 2 aromatic rings. The number of hydrogen-bond donors (Lipinski definition) is 3. The number of rotatable bonds is 6. The van der Waals surface area contributed by atoms with Gasteiger partial charge in [-0.1, -0.05) is 11.6 Å². The van der Waals surface area contributed by atoms with Crippen molar-refractivity contribution in [2.45, 2.75) is 6.54 Å². The Morgan fingerprint density at radius 1 is 1.30 bits per heavy atom. The van der Waals surface area contributed by atoms with Crippen LogP contribution in [0.3, 0.4) is 0 Å². The minimum atomic E-state index is -2.84. The molecular formula is C12H11ClN2O4S. The van der Waals surface area contributed by atoms with Gasteiger partial charge in [0.25, 0.3) is 0 Å². The highest BCUT2D eigenvalue weighted by atomic mass is 35.5. The van der Waals surface area contributed by atoms with Gasteiger partial charge in [-0.25, -0.2) is 8.42 Å². The summed E-state index contributed by atoms with van der Waals surface area (Å²) in [6.07, 6.45) is 2.16. The van der Waals surface area contributed by atoms with E-state index in [-0.39, 0.29) is 10.7 Å². The highest BCUT2D eigenvalue weighted by molar-refractivity contribution is 7.73. The minimum Gasteiger partial charge on any atom is -0.467 e. The van der Waals surface area contributed by atoms with Crippen molar-refractivity contribution in [3.63, 3.8) is 0 Å². The van der Waals surface area contributed by atoms with Crippen LogP contribution in [0.15, 0.2) is 34.9 Å². The van der Waals surface area contributed by atoms with Crippen LogP contribution in [0.4, 0.5) is 11.4 Å². The lowest BCUT2D eigenvalue weighted by Crippen LogP contribution is -2.03. The molecule has 1 heterocycles. The molecule has 0 spiro atoms. The van der Waals surface area contributed by atoms with Crippen LogP contribution in [0.25, 0.3) is 0 Å². The van der Waals surface area contributed by atoms with E-state index in [2.05, 4.69) is 10.0 Å². The molecule has 8 heteroatoms. The summed E-state index contributed by atoms with van der Waals surface area (Å²) >= 11 is 5.95. The summed E-state index contributed by atoms with van der Waals surface area (Å²) in [6, 6.07) is 6.38. The molecular weight excluding hydrogens is 304 g/mol. The number of furan rings is 1. The van der Waals surface area contributed by atoms with Crippen molar-refractivity contribution in [1.82, 2.24) is 0 Å². The number of carbonyl (C=O) groups excluding carboxylic acids is 1. The molecule has 0 bridgehead atoms. The van der Waals surface area contributed by atoms with Crippen LogP contribution in [0.2, 0.25) is 5.02 Å². The molecule has 106 valence electrons. The SMILES string of the molecule is O=Cc1cc(N[SH](=O)=O)c(Cl)cc1NCc1ccco1. The molecule has 2 rings (SSSR count). The lowest BCUT2D eigenvalue weighted by Gasteiger charge is -2.11. The highest BCUT2D eigenvalue weighted by Crippen LogP contribution is 2.29. The standard InChI is InChI=1S/C12H11ClN2O4S/c13-10-5-11(14-6-9-2-1-3-19-9)8(7-16)4-12(10)15-20(17)18/h1-5,7,14,20H,6H2,(H,15,17,18). The molecule has 0 atom stereocenters. The Bertz CT molecular complexity index is 675. The monoisotopic (exact) mass is 314 g/mol. The van der Waals surface area contributed by atoms with Gasteiger partial charge in [-0.2, -0.15) is 0 Å².